The van der Waals surface area contributed by atoms with Crippen LogP contribution in [0.25, 0.3) is 0 Å². The fourth-order valence-corrected chi connectivity index (χ4v) is 3.54. The van der Waals surface area contributed by atoms with Gasteiger partial charge >= 0.3 is 0 Å². The molecule has 0 spiro atoms. The minimum atomic E-state index is -4.01. The number of benzene rings is 1. The van der Waals surface area contributed by atoms with Crippen molar-refractivity contribution in [1.82, 2.24) is 4.31 Å². The highest BCUT2D eigenvalue weighted by molar-refractivity contribution is 7.89. The molecule has 8 heteroatoms. The van der Waals surface area contributed by atoms with Crippen LogP contribution in [0.1, 0.15) is 12.8 Å². The number of nitro benzene ring substituents is 1. The van der Waals surface area contributed by atoms with Crippen LogP contribution >= 0.6 is 0 Å². The molecule has 1 aromatic carbocycles. The van der Waals surface area contributed by atoms with E-state index in [9.17, 15) is 18.5 Å². The Morgan fingerprint density at radius 1 is 1.42 bits per heavy atom. The van der Waals surface area contributed by atoms with E-state index in [1.54, 1.807) is 6.07 Å². The van der Waals surface area contributed by atoms with Crippen LogP contribution in [0.3, 0.4) is 0 Å². The first kappa shape index (κ1) is 13.5. The van der Waals surface area contributed by atoms with Gasteiger partial charge in [0.15, 0.2) is 4.90 Å². The third-order valence-corrected chi connectivity index (χ3v) is 4.78. The maximum absolute atomic E-state index is 12.4. The molecule has 0 aromatic heterocycles. The maximum atomic E-state index is 12.4. The first-order valence-corrected chi connectivity index (χ1v) is 7.04. The predicted molar refractivity (Wildman–Crippen MR) is 65.6 cm³/mol. The van der Waals surface area contributed by atoms with Crippen molar-refractivity contribution >= 4 is 15.7 Å². The van der Waals surface area contributed by atoms with Gasteiger partial charge in [-0.05, 0) is 18.9 Å². The SMILES string of the molecule is N#CCN(C1CC1)S(=O)(=O)c1ccccc1[N+](=O)[O-]. The van der Waals surface area contributed by atoms with Crippen molar-refractivity contribution in [2.75, 3.05) is 6.54 Å². The molecule has 1 saturated carbocycles. The molecule has 100 valence electrons. The van der Waals surface area contributed by atoms with Crippen LogP contribution in [0.5, 0.6) is 0 Å². The Morgan fingerprint density at radius 2 is 2.05 bits per heavy atom. The number of nitriles is 1. The lowest BCUT2D eigenvalue weighted by atomic mass is 10.3. The maximum Gasteiger partial charge on any atom is 0.289 e. The number of rotatable bonds is 5. The van der Waals surface area contributed by atoms with E-state index in [0.717, 1.165) is 10.4 Å². The van der Waals surface area contributed by atoms with Crippen molar-refractivity contribution in [1.29, 1.82) is 5.26 Å². The number of para-hydroxylation sites is 1. The number of hydrogen-bond acceptors (Lipinski definition) is 5. The molecule has 0 amide bonds. The van der Waals surface area contributed by atoms with Crippen molar-refractivity contribution in [3.63, 3.8) is 0 Å². The van der Waals surface area contributed by atoms with Crippen molar-refractivity contribution in [3.05, 3.63) is 34.4 Å². The minimum Gasteiger partial charge on any atom is -0.258 e. The normalized spacial score (nSPS) is 15.2. The van der Waals surface area contributed by atoms with Crippen LogP contribution in [-0.4, -0.2) is 30.2 Å². The summed E-state index contributed by atoms with van der Waals surface area (Å²) in [4.78, 5) is 9.80. The monoisotopic (exact) mass is 281 g/mol. The van der Waals surface area contributed by atoms with E-state index in [2.05, 4.69) is 0 Å². The molecule has 1 aliphatic carbocycles. The standard InChI is InChI=1S/C11H11N3O4S/c12-7-8-13(9-5-6-9)19(17,18)11-4-2-1-3-10(11)14(15)16/h1-4,9H,5-6,8H2. The molecule has 0 aliphatic heterocycles. The summed E-state index contributed by atoms with van der Waals surface area (Å²) in [6.07, 6.45) is 1.36. The van der Waals surface area contributed by atoms with Gasteiger partial charge in [-0.3, -0.25) is 10.1 Å². The average Bonchev–Trinajstić information content (AvgIpc) is 3.20. The highest BCUT2D eigenvalue weighted by Crippen LogP contribution is 2.34. The van der Waals surface area contributed by atoms with Gasteiger partial charge in [-0.1, -0.05) is 12.1 Å². The summed E-state index contributed by atoms with van der Waals surface area (Å²) >= 11 is 0. The lowest BCUT2D eigenvalue weighted by Gasteiger charge is -2.18. The molecule has 0 saturated heterocycles. The van der Waals surface area contributed by atoms with Gasteiger partial charge in [-0.25, -0.2) is 8.42 Å². The zero-order valence-corrected chi connectivity index (χ0v) is 10.7. The van der Waals surface area contributed by atoms with Gasteiger partial charge in [-0.15, -0.1) is 0 Å². The summed E-state index contributed by atoms with van der Waals surface area (Å²) in [5, 5.41) is 19.6. The van der Waals surface area contributed by atoms with Crippen molar-refractivity contribution in [3.8, 4) is 6.07 Å². The van der Waals surface area contributed by atoms with Gasteiger partial charge in [0.05, 0.1) is 11.0 Å². The molecule has 0 atom stereocenters. The Kier molecular flexibility index (Phi) is 3.50. The lowest BCUT2D eigenvalue weighted by molar-refractivity contribution is -0.387. The summed E-state index contributed by atoms with van der Waals surface area (Å²) in [5.74, 6) is 0. The number of nitrogens with zero attached hydrogens (tertiary/aromatic N) is 3. The van der Waals surface area contributed by atoms with E-state index in [-0.39, 0.29) is 17.5 Å². The molecular formula is C11H11N3O4S. The largest absolute Gasteiger partial charge is 0.289 e. The van der Waals surface area contributed by atoms with E-state index in [4.69, 9.17) is 5.26 Å². The fourth-order valence-electron chi connectivity index (χ4n) is 1.79. The quantitative estimate of drug-likeness (QED) is 0.459. The van der Waals surface area contributed by atoms with Crippen LogP contribution in [0.4, 0.5) is 5.69 Å². The van der Waals surface area contributed by atoms with Crippen molar-refractivity contribution < 1.29 is 13.3 Å². The number of hydrogen-bond donors (Lipinski definition) is 0. The Hall–Kier alpha value is -1.98. The van der Waals surface area contributed by atoms with E-state index < -0.39 is 20.6 Å². The minimum absolute atomic E-state index is 0.218. The summed E-state index contributed by atoms with van der Waals surface area (Å²) in [6, 6.07) is 6.74. The van der Waals surface area contributed by atoms with Crippen LogP contribution in [0, 0.1) is 21.4 Å². The molecule has 1 aromatic rings. The second-order valence-electron chi connectivity index (χ2n) is 4.16. The number of sulfonamides is 1. The molecule has 7 nitrogen and oxygen atoms in total. The predicted octanol–water partition coefficient (Wildman–Crippen LogP) is 1.27. The summed E-state index contributed by atoms with van der Waals surface area (Å²) in [6.45, 7) is -0.293. The van der Waals surface area contributed by atoms with Crippen LogP contribution in [0.15, 0.2) is 29.2 Å². The van der Waals surface area contributed by atoms with Crippen LogP contribution in [-0.2, 0) is 10.0 Å². The topological polar surface area (TPSA) is 104 Å². The summed E-state index contributed by atoms with van der Waals surface area (Å²) < 4.78 is 25.8. The second kappa shape index (κ2) is 4.95. The highest BCUT2D eigenvalue weighted by Gasteiger charge is 2.40. The third kappa shape index (κ3) is 2.57. The molecular weight excluding hydrogens is 270 g/mol. The first-order chi connectivity index (χ1) is 8.98. The summed E-state index contributed by atoms with van der Waals surface area (Å²) in [5.41, 5.74) is -0.467. The van der Waals surface area contributed by atoms with Gasteiger partial charge in [0, 0.05) is 12.1 Å². The highest BCUT2D eigenvalue weighted by atomic mass is 32.2. The van der Waals surface area contributed by atoms with Crippen molar-refractivity contribution in [2.45, 2.75) is 23.8 Å². The third-order valence-electron chi connectivity index (χ3n) is 2.83. The van der Waals surface area contributed by atoms with Gasteiger partial charge < -0.3 is 0 Å². The van der Waals surface area contributed by atoms with Crippen LogP contribution < -0.4 is 0 Å². The van der Waals surface area contributed by atoms with Crippen LogP contribution in [0.2, 0.25) is 0 Å². The molecule has 0 radical (unpaired) electrons. The Bertz CT molecular complexity index is 646. The molecule has 2 rings (SSSR count). The molecule has 1 aliphatic rings. The zero-order chi connectivity index (χ0) is 14.0. The molecule has 19 heavy (non-hydrogen) atoms. The van der Waals surface area contributed by atoms with E-state index in [0.29, 0.717) is 12.8 Å². The first-order valence-electron chi connectivity index (χ1n) is 5.60. The second-order valence-corrected chi connectivity index (χ2v) is 6.02. The fraction of sp³-hybridized carbons (Fsp3) is 0.364. The Labute approximate surface area is 110 Å². The zero-order valence-electron chi connectivity index (χ0n) is 9.89. The van der Waals surface area contributed by atoms with Gasteiger partial charge in [0.2, 0.25) is 0 Å². The molecule has 0 bridgehead atoms. The molecule has 1 fully saturated rings. The van der Waals surface area contributed by atoms with Gasteiger partial charge in [-0.2, -0.15) is 9.57 Å². The molecule has 0 unspecified atom stereocenters. The van der Waals surface area contributed by atoms with Gasteiger partial charge in [0.25, 0.3) is 15.7 Å². The average molecular weight is 281 g/mol. The smallest absolute Gasteiger partial charge is 0.258 e. The van der Waals surface area contributed by atoms with E-state index in [1.165, 1.54) is 18.2 Å². The molecule has 0 heterocycles. The van der Waals surface area contributed by atoms with Gasteiger partial charge in [0.1, 0.15) is 6.54 Å². The van der Waals surface area contributed by atoms with Crippen molar-refractivity contribution in [2.24, 2.45) is 0 Å². The summed E-state index contributed by atoms with van der Waals surface area (Å²) in [7, 11) is -4.01. The van der Waals surface area contributed by atoms with E-state index >= 15 is 0 Å². The molecule has 0 N–H and O–H groups in total. The van der Waals surface area contributed by atoms with E-state index in [1.807, 2.05) is 0 Å². The Morgan fingerprint density at radius 3 is 2.58 bits per heavy atom. The number of nitro groups is 1. The Balaban J connectivity index is 2.50. The lowest BCUT2D eigenvalue weighted by Crippen LogP contribution is -2.33.